The molecule has 0 aromatic heterocycles. The topological polar surface area (TPSA) is 15.3 Å². The van der Waals surface area contributed by atoms with Crippen LogP contribution in [0.15, 0.2) is 18.2 Å². The van der Waals surface area contributed by atoms with Crippen LogP contribution in [0.4, 0.5) is 0 Å². The maximum absolute atomic E-state index is 3.60. The lowest BCUT2D eigenvalue weighted by molar-refractivity contribution is 0.238. The Balaban J connectivity index is 2.02. The quantitative estimate of drug-likeness (QED) is 0.813. The van der Waals surface area contributed by atoms with Gasteiger partial charge in [0.15, 0.2) is 0 Å². The van der Waals surface area contributed by atoms with Gasteiger partial charge in [0, 0.05) is 25.7 Å². The van der Waals surface area contributed by atoms with E-state index in [-0.39, 0.29) is 0 Å². The van der Waals surface area contributed by atoms with E-state index in [9.17, 15) is 0 Å². The molecule has 0 aliphatic carbocycles. The number of piperazine rings is 1. The zero-order valence-corrected chi connectivity index (χ0v) is 10.6. The molecule has 1 aliphatic rings. The van der Waals surface area contributed by atoms with Crippen molar-refractivity contribution in [2.24, 2.45) is 0 Å². The Morgan fingerprint density at radius 3 is 2.88 bits per heavy atom. The van der Waals surface area contributed by atoms with Crippen molar-refractivity contribution < 1.29 is 0 Å². The Labute approximate surface area is 98.7 Å². The highest BCUT2D eigenvalue weighted by atomic mass is 15.2. The van der Waals surface area contributed by atoms with E-state index in [2.05, 4.69) is 49.3 Å². The Bertz CT molecular complexity index is 360. The van der Waals surface area contributed by atoms with Gasteiger partial charge in [-0.2, -0.15) is 0 Å². The fourth-order valence-corrected chi connectivity index (χ4v) is 2.47. The molecule has 1 unspecified atom stereocenters. The highest BCUT2D eigenvalue weighted by Gasteiger charge is 2.17. The van der Waals surface area contributed by atoms with Crippen LogP contribution in [0.3, 0.4) is 0 Å². The molecule has 1 N–H and O–H groups in total. The van der Waals surface area contributed by atoms with Gasteiger partial charge in [0.1, 0.15) is 0 Å². The van der Waals surface area contributed by atoms with Crippen LogP contribution in [-0.2, 0) is 6.42 Å². The first kappa shape index (κ1) is 11.6. The van der Waals surface area contributed by atoms with Gasteiger partial charge in [-0.05, 0) is 38.4 Å². The number of benzene rings is 1. The third-order valence-corrected chi connectivity index (χ3v) is 3.42. The van der Waals surface area contributed by atoms with E-state index in [4.69, 9.17) is 0 Å². The highest BCUT2D eigenvalue weighted by molar-refractivity contribution is 5.31. The maximum atomic E-state index is 3.60. The van der Waals surface area contributed by atoms with Crippen molar-refractivity contribution in [2.75, 3.05) is 26.7 Å². The van der Waals surface area contributed by atoms with Crippen molar-refractivity contribution in [1.29, 1.82) is 0 Å². The third-order valence-electron chi connectivity index (χ3n) is 3.42. The summed E-state index contributed by atoms with van der Waals surface area (Å²) in [6.45, 7) is 7.82. The number of aryl methyl sites for hydroxylation is 2. The van der Waals surface area contributed by atoms with Gasteiger partial charge in [-0.3, -0.25) is 0 Å². The van der Waals surface area contributed by atoms with Crippen LogP contribution in [0.1, 0.15) is 16.7 Å². The van der Waals surface area contributed by atoms with E-state index in [0.717, 1.165) is 19.5 Å². The van der Waals surface area contributed by atoms with E-state index >= 15 is 0 Å². The Morgan fingerprint density at radius 1 is 1.38 bits per heavy atom. The largest absolute Gasteiger partial charge is 0.311 e. The predicted octanol–water partition coefficient (Wildman–Crippen LogP) is 1.75. The van der Waals surface area contributed by atoms with Gasteiger partial charge >= 0.3 is 0 Å². The standard InChI is InChI=1S/C14H22N2/c1-11-4-5-13(12(2)8-11)9-14-10-16(3)7-6-15-14/h4-5,8,14-15H,6-7,9-10H2,1-3H3. The first-order valence-electron chi connectivity index (χ1n) is 6.13. The second kappa shape index (κ2) is 4.98. The van der Waals surface area contributed by atoms with Crippen LogP contribution in [-0.4, -0.2) is 37.6 Å². The van der Waals surface area contributed by atoms with Crippen LogP contribution < -0.4 is 5.32 Å². The van der Waals surface area contributed by atoms with Crippen LogP contribution >= 0.6 is 0 Å². The summed E-state index contributed by atoms with van der Waals surface area (Å²) in [4.78, 5) is 2.41. The minimum atomic E-state index is 0.611. The summed E-state index contributed by atoms with van der Waals surface area (Å²) < 4.78 is 0. The molecule has 0 spiro atoms. The second-order valence-corrected chi connectivity index (χ2v) is 5.05. The van der Waals surface area contributed by atoms with Crippen molar-refractivity contribution in [3.63, 3.8) is 0 Å². The summed E-state index contributed by atoms with van der Waals surface area (Å²) >= 11 is 0. The molecule has 16 heavy (non-hydrogen) atoms. The van der Waals surface area contributed by atoms with Crippen molar-refractivity contribution in [3.05, 3.63) is 34.9 Å². The summed E-state index contributed by atoms with van der Waals surface area (Å²) in [7, 11) is 2.20. The molecule has 0 amide bonds. The SMILES string of the molecule is Cc1ccc(CC2CN(C)CCN2)c(C)c1. The fourth-order valence-electron chi connectivity index (χ4n) is 2.47. The number of hydrogen-bond donors (Lipinski definition) is 1. The van der Waals surface area contributed by atoms with Gasteiger partial charge in [-0.25, -0.2) is 0 Å². The van der Waals surface area contributed by atoms with Gasteiger partial charge in [0.05, 0.1) is 0 Å². The lowest BCUT2D eigenvalue weighted by Crippen LogP contribution is -2.50. The number of hydrogen-bond acceptors (Lipinski definition) is 2. The van der Waals surface area contributed by atoms with E-state index in [1.54, 1.807) is 0 Å². The molecule has 1 aliphatic heterocycles. The summed E-state index contributed by atoms with van der Waals surface area (Å²) in [5.41, 5.74) is 4.27. The van der Waals surface area contributed by atoms with E-state index in [1.165, 1.54) is 23.2 Å². The first-order chi connectivity index (χ1) is 7.65. The molecule has 1 saturated heterocycles. The average molecular weight is 218 g/mol. The Morgan fingerprint density at radius 2 is 2.19 bits per heavy atom. The minimum absolute atomic E-state index is 0.611. The normalized spacial score (nSPS) is 22.3. The maximum Gasteiger partial charge on any atom is 0.0235 e. The third kappa shape index (κ3) is 2.83. The molecule has 1 heterocycles. The lowest BCUT2D eigenvalue weighted by atomic mass is 9.98. The van der Waals surface area contributed by atoms with Crippen molar-refractivity contribution in [3.8, 4) is 0 Å². The van der Waals surface area contributed by atoms with Gasteiger partial charge in [-0.15, -0.1) is 0 Å². The van der Waals surface area contributed by atoms with Gasteiger partial charge in [-0.1, -0.05) is 23.8 Å². The summed E-state index contributed by atoms with van der Waals surface area (Å²) in [5.74, 6) is 0. The molecule has 1 atom stereocenters. The molecule has 2 rings (SSSR count). The number of nitrogens with one attached hydrogen (secondary N) is 1. The Kier molecular flexibility index (Phi) is 3.62. The van der Waals surface area contributed by atoms with Gasteiger partial charge in [0.2, 0.25) is 0 Å². The van der Waals surface area contributed by atoms with Crippen LogP contribution in [0.2, 0.25) is 0 Å². The molecule has 0 radical (unpaired) electrons. The molecular weight excluding hydrogens is 196 g/mol. The molecule has 2 nitrogen and oxygen atoms in total. The highest BCUT2D eigenvalue weighted by Crippen LogP contribution is 2.13. The molecule has 2 heteroatoms. The van der Waals surface area contributed by atoms with E-state index in [0.29, 0.717) is 6.04 Å². The minimum Gasteiger partial charge on any atom is -0.311 e. The van der Waals surface area contributed by atoms with E-state index < -0.39 is 0 Å². The smallest absolute Gasteiger partial charge is 0.0235 e. The average Bonchev–Trinajstić information content (AvgIpc) is 2.22. The van der Waals surface area contributed by atoms with Crippen LogP contribution in [0.5, 0.6) is 0 Å². The fraction of sp³-hybridized carbons (Fsp3) is 0.571. The molecule has 88 valence electrons. The summed E-state index contributed by atoms with van der Waals surface area (Å²) in [6, 6.07) is 7.39. The number of rotatable bonds is 2. The van der Waals surface area contributed by atoms with Gasteiger partial charge < -0.3 is 10.2 Å². The van der Waals surface area contributed by atoms with Crippen LogP contribution in [0.25, 0.3) is 0 Å². The summed E-state index contributed by atoms with van der Waals surface area (Å²) in [5, 5.41) is 3.60. The van der Waals surface area contributed by atoms with Crippen LogP contribution in [0, 0.1) is 13.8 Å². The molecule has 1 aromatic rings. The predicted molar refractivity (Wildman–Crippen MR) is 68.9 cm³/mol. The van der Waals surface area contributed by atoms with E-state index in [1.807, 2.05) is 0 Å². The van der Waals surface area contributed by atoms with Gasteiger partial charge in [0.25, 0.3) is 0 Å². The van der Waals surface area contributed by atoms with Crippen molar-refractivity contribution >= 4 is 0 Å². The molecule has 0 bridgehead atoms. The molecular formula is C14H22N2. The first-order valence-corrected chi connectivity index (χ1v) is 6.13. The zero-order valence-electron chi connectivity index (χ0n) is 10.6. The van der Waals surface area contributed by atoms with Crippen molar-refractivity contribution in [1.82, 2.24) is 10.2 Å². The molecule has 0 saturated carbocycles. The zero-order chi connectivity index (χ0) is 11.5. The molecule has 1 aromatic carbocycles. The lowest BCUT2D eigenvalue weighted by Gasteiger charge is -2.31. The number of nitrogens with zero attached hydrogens (tertiary/aromatic N) is 1. The number of likely N-dealkylation sites (N-methyl/N-ethyl adjacent to an activating group) is 1. The van der Waals surface area contributed by atoms with Crippen molar-refractivity contribution in [2.45, 2.75) is 26.3 Å². The Hall–Kier alpha value is -0.860. The second-order valence-electron chi connectivity index (χ2n) is 5.05. The summed E-state index contributed by atoms with van der Waals surface area (Å²) in [6.07, 6.45) is 1.15. The monoisotopic (exact) mass is 218 g/mol. The molecule has 1 fully saturated rings.